The molecule has 0 atom stereocenters. The molecule has 0 saturated heterocycles. The van der Waals surface area contributed by atoms with Crippen molar-refractivity contribution >= 4 is 57.5 Å². The summed E-state index contributed by atoms with van der Waals surface area (Å²) < 4.78 is 10.7. The molecule has 1 amide bonds. The number of carbonyl (C=O) groups is 3. The van der Waals surface area contributed by atoms with Crippen LogP contribution < -0.4 is 14.8 Å². The summed E-state index contributed by atoms with van der Waals surface area (Å²) in [7, 11) is 1.57. The van der Waals surface area contributed by atoms with Gasteiger partial charge in [-0.2, -0.15) is 0 Å². The van der Waals surface area contributed by atoms with E-state index in [9.17, 15) is 14.4 Å². The average Bonchev–Trinajstić information content (AvgIpc) is 3.31. The summed E-state index contributed by atoms with van der Waals surface area (Å²) in [6, 6.07) is 12.0. The number of anilines is 1. The highest BCUT2D eigenvalue weighted by molar-refractivity contribution is 8.02. The van der Waals surface area contributed by atoms with Crippen LogP contribution >= 0.6 is 34.9 Å². The van der Waals surface area contributed by atoms with Gasteiger partial charge in [0.05, 0.1) is 23.1 Å². The van der Waals surface area contributed by atoms with Gasteiger partial charge in [-0.15, -0.1) is 34.9 Å². The first-order chi connectivity index (χ1) is 17.8. The number of hydrogen-bond acceptors (Lipinski definition) is 8. The van der Waals surface area contributed by atoms with Crippen molar-refractivity contribution in [3.8, 4) is 11.5 Å². The Kier molecular flexibility index (Phi) is 10.5. The number of aryl methyl sites for hydroxylation is 1. The molecule has 0 unspecified atom stereocenters. The van der Waals surface area contributed by atoms with Crippen molar-refractivity contribution in [2.24, 2.45) is 0 Å². The maximum atomic E-state index is 13.5. The molecule has 2 N–H and O–H groups in total. The third-order valence-electron chi connectivity index (χ3n) is 5.20. The van der Waals surface area contributed by atoms with Crippen LogP contribution in [0.15, 0.2) is 52.3 Å². The topological polar surface area (TPSA) is 102 Å². The van der Waals surface area contributed by atoms with E-state index in [0.29, 0.717) is 38.9 Å². The summed E-state index contributed by atoms with van der Waals surface area (Å²) in [6.45, 7) is 5.49. The van der Waals surface area contributed by atoms with E-state index in [1.807, 2.05) is 26.8 Å². The zero-order valence-corrected chi connectivity index (χ0v) is 23.5. The summed E-state index contributed by atoms with van der Waals surface area (Å²) >= 11 is 4.37. The molecule has 37 heavy (non-hydrogen) atoms. The number of rotatable bonds is 13. The molecule has 1 heterocycles. The highest BCUT2D eigenvalue weighted by Gasteiger charge is 2.24. The van der Waals surface area contributed by atoms with Gasteiger partial charge in [-0.3, -0.25) is 9.59 Å². The Balaban J connectivity index is 1.98. The lowest BCUT2D eigenvalue weighted by molar-refractivity contribution is -0.139. The second-order valence-electron chi connectivity index (χ2n) is 7.64. The minimum Gasteiger partial charge on any atom is -0.497 e. The molecule has 0 aliphatic carbocycles. The molecule has 7 nitrogen and oxygen atoms in total. The van der Waals surface area contributed by atoms with E-state index in [4.69, 9.17) is 14.6 Å². The molecule has 0 fully saturated rings. The lowest BCUT2D eigenvalue weighted by atomic mass is 10.0. The molecule has 2 aromatic carbocycles. The SMILES string of the molecule is CCSc1c(OCC(=O)O)ccc(C(=O)Nc2sc(CC)cc2C(=O)c2ccc(OC)cc2)c1SCC. The molecular weight excluding hydrogens is 530 g/mol. The largest absolute Gasteiger partial charge is 0.497 e. The number of carboxylic acids is 1. The van der Waals surface area contributed by atoms with Crippen LogP contribution in [-0.4, -0.2) is 48.0 Å². The number of methoxy groups -OCH3 is 1. The van der Waals surface area contributed by atoms with Gasteiger partial charge >= 0.3 is 5.97 Å². The van der Waals surface area contributed by atoms with E-state index in [-0.39, 0.29) is 11.7 Å². The molecule has 3 rings (SSSR count). The van der Waals surface area contributed by atoms with Crippen LogP contribution in [-0.2, 0) is 11.2 Å². The maximum Gasteiger partial charge on any atom is 0.341 e. The summed E-state index contributed by atoms with van der Waals surface area (Å²) in [5, 5.41) is 12.5. The molecule has 0 aliphatic heterocycles. The lowest BCUT2D eigenvalue weighted by Gasteiger charge is -2.17. The van der Waals surface area contributed by atoms with Crippen molar-refractivity contribution in [1.82, 2.24) is 0 Å². The smallest absolute Gasteiger partial charge is 0.341 e. The van der Waals surface area contributed by atoms with Gasteiger partial charge in [0, 0.05) is 15.3 Å². The summed E-state index contributed by atoms with van der Waals surface area (Å²) in [5.74, 6) is 0.918. The molecule has 10 heteroatoms. The van der Waals surface area contributed by atoms with Crippen molar-refractivity contribution < 1.29 is 29.0 Å². The number of benzene rings is 2. The van der Waals surface area contributed by atoms with Crippen LogP contribution in [0.2, 0.25) is 0 Å². The molecule has 0 bridgehead atoms. The van der Waals surface area contributed by atoms with E-state index < -0.39 is 12.6 Å². The number of carboxylic acid groups (broad SMARTS) is 1. The average molecular weight is 560 g/mol. The molecule has 196 valence electrons. The fraction of sp³-hybridized carbons (Fsp3) is 0.296. The molecule has 1 aromatic heterocycles. The summed E-state index contributed by atoms with van der Waals surface area (Å²) in [4.78, 5) is 40.4. The lowest BCUT2D eigenvalue weighted by Crippen LogP contribution is -2.16. The van der Waals surface area contributed by atoms with Crippen molar-refractivity contribution in [3.05, 3.63) is 64.0 Å². The number of nitrogens with one attached hydrogen (secondary N) is 1. The van der Waals surface area contributed by atoms with Gasteiger partial charge in [-0.05, 0) is 60.4 Å². The maximum absolute atomic E-state index is 13.5. The van der Waals surface area contributed by atoms with Crippen molar-refractivity contribution in [3.63, 3.8) is 0 Å². The number of amides is 1. The van der Waals surface area contributed by atoms with Gasteiger partial charge in [0.1, 0.15) is 16.5 Å². The Hall–Kier alpha value is -2.95. The number of ether oxygens (including phenoxy) is 2. The van der Waals surface area contributed by atoms with Gasteiger partial charge in [0.2, 0.25) is 0 Å². The minimum absolute atomic E-state index is 0.184. The first-order valence-electron chi connectivity index (χ1n) is 11.7. The van der Waals surface area contributed by atoms with Crippen LogP contribution in [0.3, 0.4) is 0 Å². The van der Waals surface area contributed by atoms with E-state index in [2.05, 4.69) is 5.32 Å². The summed E-state index contributed by atoms with van der Waals surface area (Å²) in [5.41, 5.74) is 1.38. The van der Waals surface area contributed by atoms with E-state index >= 15 is 0 Å². The Morgan fingerprint density at radius 1 is 0.946 bits per heavy atom. The van der Waals surface area contributed by atoms with Crippen molar-refractivity contribution in [2.45, 2.75) is 37.0 Å². The van der Waals surface area contributed by atoms with Crippen LogP contribution in [0, 0.1) is 0 Å². The third-order valence-corrected chi connectivity index (χ3v) is 8.51. The first kappa shape index (κ1) is 28.6. The minimum atomic E-state index is -1.07. The zero-order chi connectivity index (χ0) is 26.9. The zero-order valence-electron chi connectivity index (χ0n) is 21.1. The van der Waals surface area contributed by atoms with Gasteiger partial charge in [-0.25, -0.2) is 4.79 Å². The van der Waals surface area contributed by atoms with Crippen LogP contribution in [0.4, 0.5) is 5.00 Å². The number of aliphatic carboxylic acids is 1. The number of ketones is 1. The van der Waals surface area contributed by atoms with Crippen molar-refractivity contribution in [1.29, 1.82) is 0 Å². The van der Waals surface area contributed by atoms with Gasteiger partial charge in [0.15, 0.2) is 12.4 Å². The normalized spacial score (nSPS) is 10.7. The monoisotopic (exact) mass is 559 g/mol. The number of thioether (sulfide) groups is 2. The Morgan fingerprint density at radius 3 is 2.22 bits per heavy atom. The molecule has 0 saturated carbocycles. The second kappa shape index (κ2) is 13.6. The van der Waals surface area contributed by atoms with Crippen LogP contribution in [0.1, 0.15) is 51.9 Å². The summed E-state index contributed by atoms with van der Waals surface area (Å²) in [6.07, 6.45) is 0.729. The predicted octanol–water partition coefficient (Wildman–Crippen LogP) is 6.49. The Bertz CT molecular complexity index is 1270. The van der Waals surface area contributed by atoms with E-state index in [1.165, 1.54) is 34.9 Å². The predicted molar refractivity (Wildman–Crippen MR) is 150 cm³/mol. The molecule has 3 aromatic rings. The number of carbonyl (C=O) groups excluding carboxylic acids is 2. The highest BCUT2D eigenvalue weighted by Crippen LogP contribution is 2.41. The molecular formula is C27H29NO6S3. The van der Waals surface area contributed by atoms with Gasteiger partial charge in [-0.1, -0.05) is 20.8 Å². The number of hydrogen-bond donors (Lipinski definition) is 2. The Morgan fingerprint density at radius 2 is 1.62 bits per heavy atom. The molecule has 0 radical (unpaired) electrons. The molecule has 0 spiro atoms. The standard InChI is InChI=1S/C27H29NO6S3/c1-5-18-14-20(23(31)16-8-10-17(33-4)11-9-16)27(37-18)28-26(32)19-12-13-21(34-15-22(29)30)25(36-7-3)24(19)35-6-2/h8-14H,5-7,15H2,1-4H3,(H,28,32)(H,29,30). The van der Waals surface area contributed by atoms with E-state index in [0.717, 1.165) is 26.8 Å². The van der Waals surface area contributed by atoms with Crippen LogP contribution in [0.5, 0.6) is 11.5 Å². The number of thiophene rings is 1. The quantitative estimate of drug-likeness (QED) is 0.181. The fourth-order valence-electron chi connectivity index (χ4n) is 3.49. The van der Waals surface area contributed by atoms with E-state index in [1.54, 1.807) is 43.5 Å². The highest BCUT2D eigenvalue weighted by atomic mass is 32.2. The first-order valence-corrected chi connectivity index (χ1v) is 14.5. The fourth-order valence-corrected chi connectivity index (χ4v) is 6.47. The Labute approximate surface area is 229 Å². The van der Waals surface area contributed by atoms with Gasteiger partial charge < -0.3 is 19.9 Å². The van der Waals surface area contributed by atoms with Crippen LogP contribution in [0.25, 0.3) is 0 Å². The second-order valence-corrected chi connectivity index (χ2v) is 11.3. The van der Waals surface area contributed by atoms with Crippen molar-refractivity contribution in [2.75, 3.05) is 30.5 Å². The van der Waals surface area contributed by atoms with Gasteiger partial charge in [0.25, 0.3) is 5.91 Å². The third kappa shape index (κ3) is 7.09. The molecule has 0 aliphatic rings.